The van der Waals surface area contributed by atoms with Gasteiger partial charge >= 0.3 is 0 Å². The van der Waals surface area contributed by atoms with Gasteiger partial charge in [-0.2, -0.15) is 5.10 Å². The molecule has 3 aromatic heterocycles. The van der Waals surface area contributed by atoms with E-state index in [9.17, 15) is 13.6 Å². The molecule has 11 nitrogen and oxygen atoms in total. The van der Waals surface area contributed by atoms with Gasteiger partial charge in [-0.05, 0) is 82.4 Å². The first-order chi connectivity index (χ1) is 21.0. The molecule has 4 fully saturated rings. The minimum atomic E-state index is -2.82. The van der Waals surface area contributed by atoms with E-state index in [1.807, 2.05) is 0 Å². The van der Waals surface area contributed by atoms with Crippen molar-refractivity contribution in [2.75, 3.05) is 49.7 Å². The largest absolute Gasteiger partial charge is 0.381 e. The molecular weight excluding hydrogens is 558 g/mol. The topological polar surface area (TPSA) is 111 Å². The molecule has 7 rings (SSSR count). The summed E-state index contributed by atoms with van der Waals surface area (Å²) in [6, 6.07) is 1.86. The highest BCUT2D eigenvalue weighted by atomic mass is 19.3. The molecule has 43 heavy (non-hydrogen) atoms. The zero-order chi connectivity index (χ0) is 29.3. The van der Waals surface area contributed by atoms with Gasteiger partial charge in [-0.15, -0.1) is 5.10 Å². The lowest BCUT2D eigenvalue weighted by Crippen LogP contribution is -2.38. The first-order valence-electron chi connectivity index (χ1n) is 15.7. The molecule has 3 aliphatic heterocycles. The fourth-order valence-corrected chi connectivity index (χ4v) is 7.22. The van der Waals surface area contributed by atoms with Crippen molar-refractivity contribution in [2.45, 2.75) is 76.0 Å². The summed E-state index contributed by atoms with van der Waals surface area (Å²) in [7, 11) is 0. The maximum absolute atomic E-state index is 14.2. The molecule has 4 aliphatic rings. The summed E-state index contributed by atoms with van der Waals surface area (Å²) in [5, 5.41) is 15.1. The number of carbonyl (C=O) groups is 1. The Morgan fingerprint density at radius 1 is 1.12 bits per heavy atom. The van der Waals surface area contributed by atoms with Gasteiger partial charge in [0, 0.05) is 38.3 Å². The van der Waals surface area contributed by atoms with E-state index in [-0.39, 0.29) is 29.4 Å². The predicted octanol–water partition coefficient (Wildman–Crippen LogP) is 4.23. The number of nitrogens with zero attached hydrogens (tertiary/aromatic N) is 6. The molecule has 3 saturated heterocycles. The Labute approximate surface area is 249 Å². The molecule has 1 saturated carbocycles. The van der Waals surface area contributed by atoms with Crippen molar-refractivity contribution < 1.29 is 23.0 Å². The fraction of sp³-hybridized carbons (Fsp3) is 0.667. The number of morpholine rings is 1. The number of fused-ring (bicyclic) bond motifs is 3. The number of piperidine rings is 1. The number of ether oxygens (including phenoxy) is 2. The number of aromatic nitrogens is 5. The van der Waals surface area contributed by atoms with Gasteiger partial charge in [0.15, 0.2) is 17.2 Å². The standard InChI is InChI=1S/C30H40F2N8O3/c31-27(32)26-24(16-40(36-26)21-4-2-20(3-5-21)17-42-13-8-19-6-10-33-11-7-19)35-30(41)25-28-34-9-1-12-39(28)37-29(25)38-15-23-14-22(38)18-43-23/h1,9,12,16,19-23,27,33H,2-8,10-11,13-15,17-18H2,(H,35,41)/t20?,21?,22-,23-/m1/s1. The number of alkyl halides is 2. The molecule has 3 aromatic rings. The van der Waals surface area contributed by atoms with Crippen LogP contribution in [-0.4, -0.2) is 81.9 Å². The van der Waals surface area contributed by atoms with Crippen molar-refractivity contribution in [3.05, 3.63) is 35.9 Å². The van der Waals surface area contributed by atoms with Crippen LogP contribution in [0.25, 0.3) is 5.65 Å². The predicted molar refractivity (Wildman–Crippen MR) is 156 cm³/mol. The number of rotatable bonds is 10. The second-order valence-electron chi connectivity index (χ2n) is 12.5. The van der Waals surface area contributed by atoms with Gasteiger partial charge < -0.3 is 25.0 Å². The van der Waals surface area contributed by atoms with Gasteiger partial charge in [0.25, 0.3) is 12.3 Å². The van der Waals surface area contributed by atoms with Crippen LogP contribution in [0.2, 0.25) is 0 Å². The van der Waals surface area contributed by atoms with E-state index in [0.717, 1.165) is 70.7 Å². The SMILES string of the molecule is O=C(Nc1cn(C2CCC(COCCC3CCNCC3)CC2)nc1C(F)F)c1c(N2C[C@H]3C[C@@H]2CO3)nn2cccnc12. The Morgan fingerprint density at radius 2 is 1.95 bits per heavy atom. The third kappa shape index (κ3) is 5.99. The van der Waals surface area contributed by atoms with Crippen molar-refractivity contribution in [3.63, 3.8) is 0 Å². The van der Waals surface area contributed by atoms with E-state index in [2.05, 4.69) is 30.7 Å². The quantitative estimate of drug-likeness (QED) is 0.334. The monoisotopic (exact) mass is 598 g/mol. The van der Waals surface area contributed by atoms with Crippen molar-refractivity contribution in [2.24, 2.45) is 11.8 Å². The molecular formula is C30H40F2N8O3. The first-order valence-corrected chi connectivity index (χ1v) is 15.7. The molecule has 2 N–H and O–H groups in total. The van der Waals surface area contributed by atoms with Crippen LogP contribution >= 0.6 is 0 Å². The number of anilines is 2. The lowest BCUT2D eigenvalue weighted by atomic mass is 9.86. The van der Waals surface area contributed by atoms with Gasteiger partial charge in [-0.1, -0.05) is 0 Å². The van der Waals surface area contributed by atoms with Gasteiger partial charge in [0.05, 0.1) is 30.5 Å². The number of hydrogen-bond acceptors (Lipinski definition) is 8. The van der Waals surface area contributed by atoms with E-state index in [1.54, 1.807) is 33.9 Å². The molecule has 1 aliphatic carbocycles. The van der Waals surface area contributed by atoms with Gasteiger partial charge in [-0.3, -0.25) is 9.48 Å². The lowest BCUT2D eigenvalue weighted by molar-refractivity contribution is 0.0665. The zero-order valence-corrected chi connectivity index (χ0v) is 24.3. The Balaban J connectivity index is 1.01. The van der Waals surface area contributed by atoms with Crippen LogP contribution in [-0.2, 0) is 9.47 Å². The molecule has 232 valence electrons. The van der Waals surface area contributed by atoms with Crippen molar-refractivity contribution in [1.29, 1.82) is 0 Å². The fourth-order valence-electron chi connectivity index (χ4n) is 7.22. The van der Waals surface area contributed by atoms with Crippen LogP contribution in [0.1, 0.15) is 79.9 Å². The summed E-state index contributed by atoms with van der Waals surface area (Å²) in [6.07, 6.45) is 10.2. The van der Waals surface area contributed by atoms with Crippen LogP contribution in [0, 0.1) is 11.8 Å². The number of nitrogens with one attached hydrogen (secondary N) is 2. The second-order valence-corrected chi connectivity index (χ2v) is 12.5. The van der Waals surface area contributed by atoms with Crippen LogP contribution in [0.15, 0.2) is 24.7 Å². The van der Waals surface area contributed by atoms with Gasteiger partial charge in [0.1, 0.15) is 5.56 Å². The smallest absolute Gasteiger partial charge is 0.284 e. The van der Waals surface area contributed by atoms with E-state index >= 15 is 0 Å². The summed E-state index contributed by atoms with van der Waals surface area (Å²) in [5.74, 6) is 1.20. The molecule has 6 heterocycles. The zero-order valence-electron chi connectivity index (χ0n) is 24.3. The highest BCUT2D eigenvalue weighted by Gasteiger charge is 2.42. The number of hydrogen-bond donors (Lipinski definition) is 2. The van der Waals surface area contributed by atoms with E-state index in [0.29, 0.717) is 30.5 Å². The third-order valence-electron chi connectivity index (χ3n) is 9.66. The van der Waals surface area contributed by atoms with Gasteiger partial charge in [0.2, 0.25) is 0 Å². The van der Waals surface area contributed by atoms with Crippen LogP contribution in [0.4, 0.5) is 20.3 Å². The summed E-state index contributed by atoms with van der Waals surface area (Å²) in [6.45, 7) is 4.97. The second kappa shape index (κ2) is 12.4. The van der Waals surface area contributed by atoms with Crippen LogP contribution in [0.5, 0.6) is 0 Å². The highest BCUT2D eigenvalue weighted by molar-refractivity contribution is 6.12. The first kappa shape index (κ1) is 28.6. The average molecular weight is 599 g/mol. The third-order valence-corrected chi connectivity index (χ3v) is 9.66. The molecule has 0 aromatic carbocycles. The molecule has 2 bridgehead atoms. The van der Waals surface area contributed by atoms with Crippen molar-refractivity contribution in [3.8, 4) is 0 Å². The molecule has 0 unspecified atom stereocenters. The Hall–Kier alpha value is -3.16. The normalized spacial score (nSPS) is 26.2. The summed E-state index contributed by atoms with van der Waals surface area (Å²) < 4.78 is 43.3. The molecule has 13 heteroatoms. The van der Waals surface area contributed by atoms with E-state index in [1.165, 1.54) is 12.8 Å². The van der Waals surface area contributed by atoms with Crippen LogP contribution in [0.3, 0.4) is 0 Å². The summed E-state index contributed by atoms with van der Waals surface area (Å²) in [5.41, 5.74) is 0.245. The summed E-state index contributed by atoms with van der Waals surface area (Å²) in [4.78, 5) is 20.2. The average Bonchev–Trinajstić information content (AvgIpc) is 3.83. The Kier molecular flexibility index (Phi) is 8.28. The Morgan fingerprint density at radius 3 is 2.70 bits per heavy atom. The molecule has 0 radical (unpaired) electrons. The maximum atomic E-state index is 14.2. The summed E-state index contributed by atoms with van der Waals surface area (Å²) >= 11 is 0. The number of carbonyl (C=O) groups excluding carboxylic acids is 1. The van der Waals surface area contributed by atoms with Crippen molar-refractivity contribution in [1.82, 2.24) is 29.7 Å². The lowest BCUT2D eigenvalue weighted by Gasteiger charge is -2.29. The molecule has 0 spiro atoms. The van der Waals surface area contributed by atoms with E-state index in [4.69, 9.17) is 9.47 Å². The molecule has 2 atom stereocenters. The van der Waals surface area contributed by atoms with Crippen molar-refractivity contribution >= 4 is 23.1 Å². The van der Waals surface area contributed by atoms with E-state index < -0.39 is 18.0 Å². The molecule has 1 amide bonds. The minimum absolute atomic E-state index is 0.00324. The number of amides is 1. The number of halogens is 2. The Bertz CT molecular complexity index is 1420. The maximum Gasteiger partial charge on any atom is 0.284 e. The minimum Gasteiger partial charge on any atom is -0.381 e. The highest BCUT2D eigenvalue weighted by Crippen LogP contribution is 2.37. The van der Waals surface area contributed by atoms with Crippen LogP contribution < -0.4 is 15.5 Å². The van der Waals surface area contributed by atoms with Gasteiger partial charge in [-0.25, -0.2) is 18.3 Å².